The summed E-state index contributed by atoms with van der Waals surface area (Å²) in [5, 5.41) is 4.56. The number of carbonyl (C=O) groups is 1. The zero-order valence-electron chi connectivity index (χ0n) is 20.4. The van der Waals surface area contributed by atoms with Crippen LogP contribution in [0.25, 0.3) is 0 Å². The minimum atomic E-state index is -0.436. The van der Waals surface area contributed by atoms with E-state index in [1.807, 2.05) is 36.4 Å². The quantitative estimate of drug-likeness (QED) is 0.288. The van der Waals surface area contributed by atoms with Crippen molar-refractivity contribution in [3.8, 4) is 0 Å². The SMILES string of the molecule is CCN(CC)c1ccc([C@H]2C3=C(CCCC3=O)Nc3nc(SCc4ccccc4Cl)[nH]c(=O)c32)cc1. The van der Waals surface area contributed by atoms with Crippen molar-refractivity contribution in [2.75, 3.05) is 23.3 Å². The molecule has 1 atom stereocenters. The Morgan fingerprint density at radius 3 is 2.53 bits per heavy atom. The van der Waals surface area contributed by atoms with Gasteiger partial charge in [0, 0.05) is 53.2 Å². The van der Waals surface area contributed by atoms with Crippen molar-refractivity contribution in [3.05, 3.63) is 91.9 Å². The molecule has 0 radical (unpaired) electrons. The maximum absolute atomic E-state index is 13.5. The number of rotatable bonds is 7. The Balaban J connectivity index is 1.54. The van der Waals surface area contributed by atoms with E-state index >= 15 is 0 Å². The van der Waals surface area contributed by atoms with Crippen LogP contribution >= 0.6 is 23.4 Å². The molecule has 0 spiro atoms. The van der Waals surface area contributed by atoms with E-state index in [0.717, 1.165) is 48.4 Å². The molecule has 0 unspecified atom stereocenters. The number of halogens is 1. The molecule has 2 aliphatic rings. The lowest BCUT2D eigenvalue weighted by Gasteiger charge is -2.33. The Morgan fingerprint density at radius 2 is 1.81 bits per heavy atom. The van der Waals surface area contributed by atoms with Crippen LogP contribution in [-0.4, -0.2) is 28.8 Å². The Kier molecular flexibility index (Phi) is 7.21. The van der Waals surface area contributed by atoms with Crippen LogP contribution < -0.4 is 15.8 Å². The lowest BCUT2D eigenvalue weighted by Crippen LogP contribution is -2.32. The molecule has 1 aliphatic heterocycles. The molecule has 2 aromatic carbocycles. The van der Waals surface area contributed by atoms with Gasteiger partial charge in [-0.05, 0) is 56.0 Å². The van der Waals surface area contributed by atoms with Crippen molar-refractivity contribution in [2.24, 2.45) is 0 Å². The van der Waals surface area contributed by atoms with Crippen molar-refractivity contribution in [2.45, 2.75) is 49.9 Å². The number of Topliss-reactive ketones (excluding diaryl/α,β-unsaturated/α-hetero) is 1. The summed E-state index contributed by atoms with van der Waals surface area (Å²) in [6.07, 6.45) is 2.07. The average molecular weight is 521 g/mol. The molecule has 1 aromatic heterocycles. The molecule has 8 heteroatoms. The number of hydrogen-bond acceptors (Lipinski definition) is 6. The highest BCUT2D eigenvalue weighted by Gasteiger charge is 2.37. The Morgan fingerprint density at radius 1 is 1.06 bits per heavy atom. The van der Waals surface area contributed by atoms with Crippen LogP contribution in [-0.2, 0) is 10.5 Å². The first-order valence-electron chi connectivity index (χ1n) is 12.4. The van der Waals surface area contributed by atoms with Crippen molar-refractivity contribution in [1.82, 2.24) is 9.97 Å². The first-order valence-corrected chi connectivity index (χ1v) is 13.7. The van der Waals surface area contributed by atoms with Crippen LogP contribution in [0, 0.1) is 0 Å². The number of nitrogens with zero attached hydrogens (tertiary/aromatic N) is 2. The number of aromatic nitrogens is 2. The number of carbonyl (C=O) groups excluding carboxylic acids is 1. The van der Waals surface area contributed by atoms with E-state index in [0.29, 0.717) is 39.3 Å². The van der Waals surface area contributed by atoms with E-state index in [9.17, 15) is 9.59 Å². The summed E-state index contributed by atoms with van der Waals surface area (Å²) in [6, 6.07) is 15.9. The monoisotopic (exact) mass is 520 g/mol. The highest BCUT2D eigenvalue weighted by molar-refractivity contribution is 7.98. The number of thioether (sulfide) groups is 1. The molecule has 0 amide bonds. The Hall–Kier alpha value is -3.03. The number of aromatic amines is 1. The topological polar surface area (TPSA) is 78.1 Å². The third-order valence-corrected chi connectivity index (χ3v) is 8.20. The predicted molar refractivity (Wildman–Crippen MR) is 147 cm³/mol. The summed E-state index contributed by atoms with van der Waals surface area (Å²) < 4.78 is 0. The minimum absolute atomic E-state index is 0.101. The maximum atomic E-state index is 13.5. The highest BCUT2D eigenvalue weighted by atomic mass is 35.5. The number of fused-ring (bicyclic) bond motifs is 1. The number of nitrogens with one attached hydrogen (secondary N) is 2. The molecule has 0 bridgehead atoms. The number of hydrogen-bond donors (Lipinski definition) is 2. The van der Waals surface area contributed by atoms with Gasteiger partial charge in [0.15, 0.2) is 10.9 Å². The van der Waals surface area contributed by atoms with Crippen LogP contribution in [0.2, 0.25) is 5.02 Å². The molecular weight excluding hydrogens is 492 g/mol. The molecule has 1 aliphatic carbocycles. The molecular formula is C28H29ClN4O2S. The normalized spacial score (nSPS) is 16.9. The maximum Gasteiger partial charge on any atom is 0.257 e. The lowest BCUT2D eigenvalue weighted by atomic mass is 9.76. The van der Waals surface area contributed by atoms with Crippen molar-refractivity contribution in [1.29, 1.82) is 0 Å². The van der Waals surface area contributed by atoms with Gasteiger partial charge >= 0.3 is 0 Å². The molecule has 2 heterocycles. The lowest BCUT2D eigenvalue weighted by molar-refractivity contribution is -0.116. The van der Waals surface area contributed by atoms with E-state index in [1.54, 1.807) is 0 Å². The summed E-state index contributed by atoms with van der Waals surface area (Å²) in [7, 11) is 0. The second-order valence-corrected chi connectivity index (χ2v) is 10.4. The summed E-state index contributed by atoms with van der Waals surface area (Å²) in [5.74, 6) is 0.786. The van der Waals surface area contributed by atoms with Crippen LogP contribution in [0.5, 0.6) is 0 Å². The summed E-state index contributed by atoms with van der Waals surface area (Å²) >= 11 is 7.74. The van der Waals surface area contributed by atoms with E-state index < -0.39 is 5.92 Å². The van der Waals surface area contributed by atoms with Gasteiger partial charge in [0.1, 0.15) is 5.82 Å². The van der Waals surface area contributed by atoms with Gasteiger partial charge in [-0.1, -0.05) is 53.7 Å². The standard InChI is InChI=1S/C28H29ClN4O2S/c1-3-33(4-2)19-14-12-17(13-15-19)23-24-21(10-7-11-22(24)34)30-26-25(23)27(35)32-28(31-26)36-16-18-8-5-6-9-20(18)29/h5-6,8-9,12-15,23H,3-4,7,10-11,16H2,1-2H3,(H2,30,31,32,35)/t23-/m0/s1. The third-order valence-electron chi connectivity index (χ3n) is 6.91. The van der Waals surface area contributed by atoms with Gasteiger partial charge in [-0.3, -0.25) is 9.59 Å². The van der Waals surface area contributed by atoms with Crippen molar-refractivity contribution < 1.29 is 4.79 Å². The fraction of sp³-hybridized carbons (Fsp3) is 0.321. The van der Waals surface area contributed by atoms with Crippen molar-refractivity contribution in [3.63, 3.8) is 0 Å². The number of benzene rings is 2. The number of H-pyrrole nitrogens is 1. The first kappa shape index (κ1) is 24.7. The van der Waals surface area contributed by atoms with Crippen LogP contribution in [0.3, 0.4) is 0 Å². The van der Waals surface area contributed by atoms with Gasteiger partial charge in [0.25, 0.3) is 5.56 Å². The van der Waals surface area contributed by atoms with E-state index in [4.69, 9.17) is 16.6 Å². The van der Waals surface area contributed by atoms with E-state index in [2.05, 4.69) is 41.2 Å². The van der Waals surface area contributed by atoms with Gasteiger partial charge in [0.05, 0.1) is 5.56 Å². The fourth-order valence-corrected chi connectivity index (χ4v) is 6.22. The molecule has 5 rings (SSSR count). The zero-order valence-corrected chi connectivity index (χ0v) is 22.0. The molecule has 3 aromatic rings. The predicted octanol–water partition coefficient (Wildman–Crippen LogP) is 6.13. The molecule has 2 N–H and O–H groups in total. The first-order chi connectivity index (χ1) is 17.5. The number of allylic oxidation sites excluding steroid dienone is 2. The smallest absolute Gasteiger partial charge is 0.257 e. The van der Waals surface area contributed by atoms with Crippen molar-refractivity contribution >= 4 is 40.7 Å². The molecule has 0 saturated heterocycles. The molecule has 186 valence electrons. The minimum Gasteiger partial charge on any atom is -0.372 e. The number of anilines is 2. The van der Waals surface area contributed by atoms with Crippen LogP contribution in [0.1, 0.15) is 55.7 Å². The second-order valence-electron chi connectivity index (χ2n) is 9.00. The second kappa shape index (κ2) is 10.5. The van der Waals surface area contributed by atoms with Crippen LogP contribution in [0.15, 0.2) is 69.8 Å². The molecule has 6 nitrogen and oxygen atoms in total. The highest BCUT2D eigenvalue weighted by Crippen LogP contribution is 2.43. The van der Waals surface area contributed by atoms with Gasteiger partial charge in [-0.25, -0.2) is 4.98 Å². The van der Waals surface area contributed by atoms with Gasteiger partial charge in [-0.2, -0.15) is 0 Å². The Labute approximate surface area is 220 Å². The summed E-state index contributed by atoms with van der Waals surface area (Å²) in [6.45, 7) is 6.09. The summed E-state index contributed by atoms with van der Waals surface area (Å²) in [4.78, 5) is 36.6. The Bertz CT molecular complexity index is 1380. The van der Waals surface area contributed by atoms with Crippen LogP contribution in [0.4, 0.5) is 11.5 Å². The molecule has 36 heavy (non-hydrogen) atoms. The van der Waals surface area contributed by atoms with Gasteiger partial charge in [-0.15, -0.1) is 0 Å². The van der Waals surface area contributed by atoms with E-state index in [-0.39, 0.29) is 11.3 Å². The average Bonchev–Trinajstić information content (AvgIpc) is 2.88. The fourth-order valence-electron chi connectivity index (χ4n) is 5.07. The largest absolute Gasteiger partial charge is 0.372 e. The molecule has 0 fully saturated rings. The van der Waals surface area contributed by atoms with Gasteiger partial charge in [0.2, 0.25) is 0 Å². The zero-order chi connectivity index (χ0) is 25.2. The van der Waals surface area contributed by atoms with E-state index in [1.165, 1.54) is 11.8 Å². The third kappa shape index (κ3) is 4.70. The number of ketones is 1. The molecule has 0 saturated carbocycles. The summed E-state index contributed by atoms with van der Waals surface area (Å²) in [5.41, 5.74) is 4.90. The van der Waals surface area contributed by atoms with Gasteiger partial charge < -0.3 is 15.2 Å².